The van der Waals surface area contributed by atoms with Gasteiger partial charge in [0.25, 0.3) is 5.91 Å². The Morgan fingerprint density at radius 1 is 1.50 bits per heavy atom. The molecule has 0 radical (unpaired) electrons. The number of thiazole rings is 1. The number of nitrogens with zero attached hydrogens (tertiary/aromatic N) is 1. The van der Waals surface area contributed by atoms with Crippen molar-refractivity contribution >= 4 is 17.2 Å². The maximum atomic E-state index is 11.6. The van der Waals surface area contributed by atoms with Gasteiger partial charge in [0.05, 0.1) is 5.01 Å². The number of hydrogen-bond donors (Lipinski definition) is 2. The number of amides is 1. The van der Waals surface area contributed by atoms with Crippen LogP contribution < -0.4 is 10.6 Å². The summed E-state index contributed by atoms with van der Waals surface area (Å²) in [6.45, 7) is 5.70. The van der Waals surface area contributed by atoms with Crippen LogP contribution >= 0.6 is 11.3 Å². The standard InChI is InChI=1S/C11H19N3OS/c1-8(2)6-10-14-9(7-16-10)11(15)13-5-4-12-3/h7-8,12H,4-6H2,1-3H3,(H,13,15). The number of rotatable bonds is 6. The Kier molecular flexibility index (Phi) is 5.42. The molecule has 0 aliphatic heterocycles. The van der Waals surface area contributed by atoms with E-state index < -0.39 is 0 Å². The Balaban J connectivity index is 2.46. The largest absolute Gasteiger partial charge is 0.349 e. The lowest BCUT2D eigenvalue weighted by molar-refractivity contribution is 0.0949. The highest BCUT2D eigenvalue weighted by Gasteiger charge is 2.10. The molecule has 0 aliphatic rings. The summed E-state index contributed by atoms with van der Waals surface area (Å²) in [5.74, 6) is 0.493. The lowest BCUT2D eigenvalue weighted by Crippen LogP contribution is -2.30. The third kappa shape index (κ3) is 4.28. The molecule has 0 unspecified atom stereocenters. The maximum Gasteiger partial charge on any atom is 0.270 e. The van der Waals surface area contributed by atoms with Crippen molar-refractivity contribution in [3.05, 3.63) is 16.1 Å². The van der Waals surface area contributed by atoms with Gasteiger partial charge in [-0.2, -0.15) is 0 Å². The summed E-state index contributed by atoms with van der Waals surface area (Å²) >= 11 is 1.56. The minimum atomic E-state index is -0.0819. The maximum absolute atomic E-state index is 11.6. The molecule has 1 heterocycles. The predicted octanol–water partition coefficient (Wildman–Crippen LogP) is 1.29. The van der Waals surface area contributed by atoms with E-state index in [0.717, 1.165) is 18.0 Å². The van der Waals surface area contributed by atoms with Gasteiger partial charge in [-0.25, -0.2) is 4.98 Å². The third-order valence-corrected chi connectivity index (χ3v) is 2.90. The number of carbonyl (C=O) groups excluding carboxylic acids is 1. The number of nitrogens with one attached hydrogen (secondary N) is 2. The van der Waals surface area contributed by atoms with E-state index in [0.29, 0.717) is 18.2 Å². The van der Waals surface area contributed by atoms with Gasteiger partial charge in [0.2, 0.25) is 0 Å². The van der Waals surface area contributed by atoms with Crippen LogP contribution in [0.25, 0.3) is 0 Å². The topological polar surface area (TPSA) is 54.0 Å². The second-order valence-corrected chi connectivity index (χ2v) is 5.03. The van der Waals surface area contributed by atoms with Gasteiger partial charge in [-0.15, -0.1) is 11.3 Å². The van der Waals surface area contributed by atoms with Crippen molar-refractivity contribution in [1.82, 2.24) is 15.6 Å². The molecule has 1 aromatic heterocycles. The van der Waals surface area contributed by atoms with Crippen molar-refractivity contribution in [1.29, 1.82) is 0 Å². The molecule has 0 spiro atoms. The van der Waals surface area contributed by atoms with Gasteiger partial charge in [0, 0.05) is 24.9 Å². The third-order valence-electron chi connectivity index (χ3n) is 2.03. The van der Waals surface area contributed by atoms with Gasteiger partial charge < -0.3 is 10.6 Å². The molecule has 0 aliphatic carbocycles. The highest BCUT2D eigenvalue weighted by molar-refractivity contribution is 7.09. The van der Waals surface area contributed by atoms with Crippen LogP contribution in [-0.2, 0) is 6.42 Å². The van der Waals surface area contributed by atoms with E-state index in [4.69, 9.17) is 0 Å². The van der Waals surface area contributed by atoms with Crippen molar-refractivity contribution in [2.24, 2.45) is 5.92 Å². The van der Waals surface area contributed by atoms with Gasteiger partial charge >= 0.3 is 0 Å². The molecule has 16 heavy (non-hydrogen) atoms. The summed E-state index contributed by atoms with van der Waals surface area (Å²) in [5.41, 5.74) is 0.539. The van der Waals surface area contributed by atoms with Gasteiger partial charge in [-0.1, -0.05) is 13.8 Å². The Morgan fingerprint density at radius 2 is 2.25 bits per heavy atom. The zero-order valence-electron chi connectivity index (χ0n) is 10.0. The first-order valence-electron chi connectivity index (χ1n) is 5.50. The molecule has 1 rings (SSSR count). The minimum absolute atomic E-state index is 0.0819. The molecule has 0 saturated heterocycles. The summed E-state index contributed by atoms with van der Waals surface area (Å²) in [6.07, 6.45) is 0.939. The number of hydrogen-bond acceptors (Lipinski definition) is 4. The molecule has 0 fully saturated rings. The van der Waals surface area contributed by atoms with E-state index >= 15 is 0 Å². The van der Waals surface area contributed by atoms with Crippen LogP contribution in [0.5, 0.6) is 0 Å². The van der Waals surface area contributed by atoms with Crippen LogP contribution in [0, 0.1) is 5.92 Å². The minimum Gasteiger partial charge on any atom is -0.349 e. The summed E-state index contributed by atoms with van der Waals surface area (Å²) in [4.78, 5) is 15.9. The van der Waals surface area contributed by atoms with E-state index in [-0.39, 0.29) is 5.91 Å². The number of likely N-dealkylation sites (N-methyl/N-ethyl adjacent to an activating group) is 1. The monoisotopic (exact) mass is 241 g/mol. The van der Waals surface area contributed by atoms with Crippen molar-refractivity contribution in [2.75, 3.05) is 20.1 Å². The zero-order chi connectivity index (χ0) is 12.0. The quantitative estimate of drug-likeness (QED) is 0.738. The average molecular weight is 241 g/mol. The van der Waals surface area contributed by atoms with Gasteiger partial charge in [-0.05, 0) is 13.0 Å². The molecule has 0 bridgehead atoms. The van der Waals surface area contributed by atoms with Crippen LogP contribution in [0.2, 0.25) is 0 Å². The fourth-order valence-electron chi connectivity index (χ4n) is 1.25. The summed E-state index contributed by atoms with van der Waals surface area (Å²) in [7, 11) is 1.86. The van der Waals surface area contributed by atoms with Crippen molar-refractivity contribution < 1.29 is 4.79 Å². The molecule has 90 valence electrons. The lowest BCUT2D eigenvalue weighted by Gasteiger charge is -2.02. The van der Waals surface area contributed by atoms with Crippen LogP contribution in [0.1, 0.15) is 29.3 Å². The smallest absolute Gasteiger partial charge is 0.270 e. The van der Waals surface area contributed by atoms with E-state index in [2.05, 4.69) is 29.5 Å². The lowest BCUT2D eigenvalue weighted by atomic mass is 10.1. The summed E-state index contributed by atoms with van der Waals surface area (Å²) < 4.78 is 0. The Labute approximate surface area is 100 Å². The van der Waals surface area contributed by atoms with Crippen LogP contribution in [-0.4, -0.2) is 31.0 Å². The van der Waals surface area contributed by atoms with E-state index in [1.807, 2.05) is 12.4 Å². The zero-order valence-corrected chi connectivity index (χ0v) is 10.9. The fourth-order valence-corrected chi connectivity index (χ4v) is 2.24. The molecular formula is C11H19N3OS. The fraction of sp³-hybridized carbons (Fsp3) is 0.636. The Bertz CT molecular complexity index is 336. The normalized spacial score (nSPS) is 10.8. The molecule has 1 amide bonds. The number of carbonyl (C=O) groups is 1. The van der Waals surface area contributed by atoms with E-state index in [9.17, 15) is 4.79 Å². The van der Waals surface area contributed by atoms with Crippen molar-refractivity contribution in [3.63, 3.8) is 0 Å². The molecule has 4 nitrogen and oxygen atoms in total. The molecule has 2 N–H and O–H groups in total. The van der Waals surface area contributed by atoms with Crippen molar-refractivity contribution in [2.45, 2.75) is 20.3 Å². The van der Waals surface area contributed by atoms with E-state index in [1.165, 1.54) is 0 Å². The molecule has 0 aromatic carbocycles. The first-order valence-corrected chi connectivity index (χ1v) is 6.38. The van der Waals surface area contributed by atoms with Crippen molar-refractivity contribution in [3.8, 4) is 0 Å². The molecule has 1 aromatic rings. The van der Waals surface area contributed by atoms with Crippen LogP contribution in [0.3, 0.4) is 0 Å². The predicted molar refractivity (Wildman–Crippen MR) is 66.9 cm³/mol. The molecule has 0 atom stereocenters. The molecular weight excluding hydrogens is 222 g/mol. The van der Waals surface area contributed by atoms with Crippen LogP contribution in [0.15, 0.2) is 5.38 Å². The Morgan fingerprint density at radius 3 is 2.88 bits per heavy atom. The van der Waals surface area contributed by atoms with Gasteiger partial charge in [0.1, 0.15) is 5.69 Å². The van der Waals surface area contributed by atoms with Gasteiger partial charge in [-0.3, -0.25) is 4.79 Å². The first kappa shape index (κ1) is 13.1. The second-order valence-electron chi connectivity index (χ2n) is 4.08. The summed E-state index contributed by atoms with van der Waals surface area (Å²) in [5, 5.41) is 8.64. The van der Waals surface area contributed by atoms with E-state index in [1.54, 1.807) is 11.3 Å². The Hall–Kier alpha value is -0.940. The van der Waals surface area contributed by atoms with Crippen LogP contribution in [0.4, 0.5) is 0 Å². The summed E-state index contributed by atoms with van der Waals surface area (Å²) in [6, 6.07) is 0. The van der Waals surface area contributed by atoms with Gasteiger partial charge in [0.15, 0.2) is 0 Å². The highest BCUT2D eigenvalue weighted by atomic mass is 32.1. The molecule has 0 saturated carbocycles. The second kappa shape index (κ2) is 6.60. The SMILES string of the molecule is CNCCNC(=O)c1csc(CC(C)C)n1. The highest BCUT2D eigenvalue weighted by Crippen LogP contribution is 2.13. The molecule has 5 heteroatoms. The average Bonchev–Trinajstić information content (AvgIpc) is 2.65. The first-order chi connectivity index (χ1) is 7.63. The number of aromatic nitrogens is 1.